The first-order chi connectivity index (χ1) is 10.7. The van der Waals surface area contributed by atoms with Crippen molar-refractivity contribution < 1.29 is 9.53 Å². The van der Waals surface area contributed by atoms with E-state index in [4.69, 9.17) is 10.5 Å². The predicted octanol–water partition coefficient (Wildman–Crippen LogP) is 1.15. The largest absolute Gasteiger partial charge is 0.380 e. The molecule has 24 heavy (non-hydrogen) atoms. The molecule has 1 aromatic heterocycles. The van der Waals surface area contributed by atoms with Gasteiger partial charge < -0.3 is 15.8 Å². The van der Waals surface area contributed by atoms with E-state index < -0.39 is 0 Å². The molecule has 0 fully saturated rings. The van der Waals surface area contributed by atoms with Crippen LogP contribution in [-0.2, 0) is 22.6 Å². The van der Waals surface area contributed by atoms with Crippen molar-refractivity contribution in [1.82, 2.24) is 20.1 Å². The Bertz CT molecular complexity index is 574. The topological polar surface area (TPSA) is 95.1 Å². The fourth-order valence-electron chi connectivity index (χ4n) is 2.01. The zero-order valence-electron chi connectivity index (χ0n) is 13.4. The highest BCUT2D eigenvalue weighted by molar-refractivity contribution is 5.85. The summed E-state index contributed by atoms with van der Waals surface area (Å²) in [5.41, 5.74) is 7.66. The Morgan fingerprint density at radius 3 is 2.50 bits per heavy atom. The van der Waals surface area contributed by atoms with Crippen LogP contribution >= 0.6 is 24.8 Å². The number of ether oxygens (including phenoxy) is 1. The summed E-state index contributed by atoms with van der Waals surface area (Å²) in [5, 5.41) is 6.92. The van der Waals surface area contributed by atoms with Crippen molar-refractivity contribution >= 4 is 30.7 Å². The summed E-state index contributed by atoms with van der Waals surface area (Å²) in [4.78, 5) is 15.7. The van der Waals surface area contributed by atoms with Crippen LogP contribution in [0.1, 0.15) is 17.5 Å². The van der Waals surface area contributed by atoms with E-state index in [-0.39, 0.29) is 43.2 Å². The zero-order chi connectivity index (χ0) is 15.8. The smallest absolute Gasteiger partial charge is 0.222 e. The molecule has 1 amide bonds. The summed E-state index contributed by atoms with van der Waals surface area (Å²) in [7, 11) is 1.55. The molecule has 0 aliphatic carbocycles. The fourth-order valence-corrected chi connectivity index (χ4v) is 2.01. The van der Waals surface area contributed by atoms with Crippen molar-refractivity contribution in [2.24, 2.45) is 5.73 Å². The first kappa shape index (κ1) is 22.3. The third-order valence-corrected chi connectivity index (χ3v) is 3.33. The van der Waals surface area contributed by atoms with E-state index in [0.717, 1.165) is 11.1 Å². The molecule has 0 spiro atoms. The lowest BCUT2D eigenvalue weighted by molar-refractivity contribution is -0.123. The fraction of sp³-hybridized carbons (Fsp3) is 0.400. The highest BCUT2D eigenvalue weighted by atomic mass is 35.5. The summed E-state index contributed by atoms with van der Waals surface area (Å²) in [6, 6.07) is 8.01. The van der Waals surface area contributed by atoms with Gasteiger partial charge in [-0.3, -0.25) is 4.79 Å². The number of nitrogens with two attached hydrogens (primary N) is 1. The van der Waals surface area contributed by atoms with Gasteiger partial charge in [0.05, 0.1) is 19.1 Å². The minimum Gasteiger partial charge on any atom is -0.380 e. The normalized spacial score (nSPS) is 11.1. The van der Waals surface area contributed by atoms with E-state index in [9.17, 15) is 4.79 Å². The number of amides is 1. The maximum Gasteiger partial charge on any atom is 0.222 e. The zero-order valence-corrected chi connectivity index (χ0v) is 15.1. The Morgan fingerprint density at radius 2 is 1.96 bits per heavy atom. The molecule has 7 nitrogen and oxygen atoms in total. The number of nitrogens with zero attached hydrogens (tertiary/aromatic N) is 3. The Morgan fingerprint density at radius 1 is 1.29 bits per heavy atom. The molecule has 1 unspecified atom stereocenters. The van der Waals surface area contributed by atoms with Gasteiger partial charge in [0.15, 0.2) is 0 Å². The van der Waals surface area contributed by atoms with E-state index in [1.807, 2.05) is 24.3 Å². The molecule has 134 valence electrons. The molecule has 2 rings (SSSR count). The lowest BCUT2D eigenvalue weighted by atomic mass is 10.1. The van der Waals surface area contributed by atoms with Crippen LogP contribution in [0.15, 0.2) is 36.9 Å². The standard InChI is InChI=1S/C15H21N5O2.2ClH/c1-22-14(7-16)6-15(21)18-8-12-2-4-13(5-3-12)9-20-11-17-10-19-20;;/h2-5,10-11,14H,6-9,16H2,1H3,(H,18,21);2*1H. The first-order valence-electron chi connectivity index (χ1n) is 7.11. The molecule has 0 bridgehead atoms. The van der Waals surface area contributed by atoms with Crippen LogP contribution in [0.2, 0.25) is 0 Å². The van der Waals surface area contributed by atoms with Crippen LogP contribution in [-0.4, -0.2) is 40.4 Å². The summed E-state index contributed by atoms with van der Waals surface area (Å²) >= 11 is 0. The molecule has 0 saturated carbocycles. The van der Waals surface area contributed by atoms with Gasteiger partial charge in [0, 0.05) is 20.2 Å². The van der Waals surface area contributed by atoms with Crippen molar-refractivity contribution in [1.29, 1.82) is 0 Å². The molecule has 0 aliphatic rings. The maximum atomic E-state index is 11.8. The Labute approximate surface area is 153 Å². The van der Waals surface area contributed by atoms with Gasteiger partial charge in [-0.1, -0.05) is 24.3 Å². The lowest BCUT2D eigenvalue weighted by Gasteiger charge is -2.12. The van der Waals surface area contributed by atoms with Gasteiger partial charge in [-0.15, -0.1) is 24.8 Å². The van der Waals surface area contributed by atoms with E-state index >= 15 is 0 Å². The van der Waals surface area contributed by atoms with E-state index in [0.29, 0.717) is 19.6 Å². The molecule has 2 aromatic rings. The molecular formula is C15H23Cl2N5O2. The van der Waals surface area contributed by atoms with E-state index in [1.165, 1.54) is 6.33 Å². The first-order valence-corrected chi connectivity index (χ1v) is 7.11. The summed E-state index contributed by atoms with van der Waals surface area (Å²) in [6.45, 7) is 1.50. The van der Waals surface area contributed by atoms with Crippen molar-refractivity contribution in [2.75, 3.05) is 13.7 Å². The summed E-state index contributed by atoms with van der Waals surface area (Å²) in [6.07, 6.45) is 3.23. The van der Waals surface area contributed by atoms with Crippen molar-refractivity contribution in [3.63, 3.8) is 0 Å². The molecule has 0 radical (unpaired) electrons. The number of carbonyl (C=O) groups excluding carboxylic acids is 1. The second kappa shape index (κ2) is 11.8. The lowest BCUT2D eigenvalue weighted by Crippen LogP contribution is -2.31. The number of nitrogens with one attached hydrogen (secondary N) is 1. The number of hydrogen-bond donors (Lipinski definition) is 2. The van der Waals surface area contributed by atoms with Gasteiger partial charge in [0.2, 0.25) is 5.91 Å². The molecule has 0 aliphatic heterocycles. The number of hydrogen-bond acceptors (Lipinski definition) is 5. The number of rotatable bonds is 8. The number of methoxy groups -OCH3 is 1. The van der Waals surface area contributed by atoms with E-state index in [2.05, 4.69) is 15.4 Å². The molecule has 1 heterocycles. The van der Waals surface area contributed by atoms with Gasteiger partial charge in [0.1, 0.15) is 12.7 Å². The predicted molar refractivity (Wildman–Crippen MR) is 96.4 cm³/mol. The summed E-state index contributed by atoms with van der Waals surface area (Å²) < 4.78 is 6.85. The van der Waals surface area contributed by atoms with Crippen molar-refractivity contribution in [2.45, 2.75) is 25.6 Å². The number of aromatic nitrogens is 3. The highest BCUT2D eigenvalue weighted by Gasteiger charge is 2.10. The number of benzene rings is 1. The average Bonchev–Trinajstić information content (AvgIpc) is 3.05. The quantitative estimate of drug-likeness (QED) is 0.721. The van der Waals surface area contributed by atoms with Crippen LogP contribution < -0.4 is 11.1 Å². The van der Waals surface area contributed by atoms with Crippen LogP contribution in [0.3, 0.4) is 0 Å². The Kier molecular flexibility index (Phi) is 11.0. The molecule has 0 saturated heterocycles. The molecule has 9 heteroatoms. The van der Waals surface area contributed by atoms with Crippen LogP contribution in [0.5, 0.6) is 0 Å². The highest BCUT2D eigenvalue weighted by Crippen LogP contribution is 2.06. The number of carbonyl (C=O) groups is 1. The van der Waals surface area contributed by atoms with Crippen molar-refractivity contribution in [3.8, 4) is 0 Å². The van der Waals surface area contributed by atoms with Gasteiger partial charge in [-0.25, -0.2) is 9.67 Å². The Hall–Kier alpha value is -1.67. The van der Waals surface area contributed by atoms with Gasteiger partial charge >= 0.3 is 0 Å². The molecule has 1 atom stereocenters. The Balaban J connectivity index is 0.00000264. The second-order valence-electron chi connectivity index (χ2n) is 4.98. The third kappa shape index (κ3) is 7.27. The van der Waals surface area contributed by atoms with Gasteiger partial charge in [0.25, 0.3) is 0 Å². The second-order valence-corrected chi connectivity index (χ2v) is 4.98. The minimum absolute atomic E-state index is 0. The number of halogens is 2. The molecule has 1 aromatic carbocycles. The van der Waals surface area contributed by atoms with Gasteiger partial charge in [-0.05, 0) is 11.1 Å². The van der Waals surface area contributed by atoms with Crippen LogP contribution in [0.4, 0.5) is 0 Å². The summed E-state index contributed by atoms with van der Waals surface area (Å²) in [5.74, 6) is -0.0657. The van der Waals surface area contributed by atoms with Crippen LogP contribution in [0, 0.1) is 0 Å². The van der Waals surface area contributed by atoms with Crippen LogP contribution in [0.25, 0.3) is 0 Å². The molecular weight excluding hydrogens is 353 g/mol. The van der Waals surface area contributed by atoms with E-state index in [1.54, 1.807) is 18.1 Å². The van der Waals surface area contributed by atoms with Crippen molar-refractivity contribution in [3.05, 3.63) is 48.0 Å². The maximum absolute atomic E-state index is 11.8. The third-order valence-electron chi connectivity index (χ3n) is 3.33. The average molecular weight is 376 g/mol. The monoisotopic (exact) mass is 375 g/mol. The van der Waals surface area contributed by atoms with Gasteiger partial charge in [-0.2, -0.15) is 5.10 Å². The minimum atomic E-state index is -0.231. The SMILES string of the molecule is COC(CN)CC(=O)NCc1ccc(Cn2cncn2)cc1.Cl.Cl. The molecule has 3 N–H and O–H groups in total.